The van der Waals surface area contributed by atoms with Gasteiger partial charge in [-0.05, 0) is 34.4 Å². The molecule has 0 aliphatic carbocycles. The van der Waals surface area contributed by atoms with E-state index in [0.717, 1.165) is 26.7 Å². The largest absolute Gasteiger partial charge is 0.344 e. The van der Waals surface area contributed by atoms with Crippen LogP contribution in [0.15, 0.2) is 120 Å². The quantitative estimate of drug-likeness (QED) is 0.353. The molecule has 0 bridgehead atoms. The van der Waals surface area contributed by atoms with E-state index in [1.165, 1.54) is 0 Å². The van der Waals surface area contributed by atoms with Gasteiger partial charge in [0.25, 0.3) is 0 Å². The van der Waals surface area contributed by atoms with Crippen LogP contribution >= 0.6 is 15.9 Å². The molecular weight excluding hydrogens is 434 g/mol. The topological polar surface area (TPSA) is 29.1 Å². The van der Waals surface area contributed by atoms with Gasteiger partial charge >= 0.3 is 0 Å². The number of amides is 1. The van der Waals surface area contributed by atoms with Gasteiger partial charge < -0.3 is 5.32 Å². The van der Waals surface area contributed by atoms with Crippen LogP contribution in [0.5, 0.6) is 0 Å². The van der Waals surface area contributed by atoms with Gasteiger partial charge in [0.2, 0.25) is 5.91 Å². The number of rotatable bonds is 6. The van der Waals surface area contributed by atoms with Crippen molar-refractivity contribution in [2.24, 2.45) is 0 Å². The summed E-state index contributed by atoms with van der Waals surface area (Å²) in [4.78, 5) is 13.6. The van der Waals surface area contributed by atoms with E-state index in [1.807, 2.05) is 115 Å². The first-order valence-corrected chi connectivity index (χ1v) is 10.7. The second-order valence-corrected chi connectivity index (χ2v) is 8.07. The lowest BCUT2D eigenvalue weighted by Gasteiger charge is -2.24. The van der Waals surface area contributed by atoms with E-state index in [0.29, 0.717) is 0 Å². The summed E-state index contributed by atoms with van der Waals surface area (Å²) in [5.41, 5.74) is 4.04. The number of halogens is 1. The number of carbonyl (C=O) groups excluding carboxylic acids is 1. The van der Waals surface area contributed by atoms with Gasteiger partial charge in [0, 0.05) is 4.47 Å². The standard InChI is InChI=1S/C27H22BrNO/c28-24-18-16-23(17-19-24)26(22-14-8-3-9-15-22)29-27(30)25(20-10-4-1-5-11-20)21-12-6-2-7-13-21/h1-19,25-26H,(H,29,30). The summed E-state index contributed by atoms with van der Waals surface area (Å²) < 4.78 is 1.01. The Bertz CT molecular complexity index is 1040. The first-order valence-electron chi connectivity index (χ1n) is 9.93. The molecule has 0 heterocycles. The first kappa shape index (κ1) is 20.1. The fourth-order valence-electron chi connectivity index (χ4n) is 3.67. The number of carbonyl (C=O) groups is 1. The Kier molecular flexibility index (Phi) is 6.41. The highest BCUT2D eigenvalue weighted by Crippen LogP contribution is 2.29. The van der Waals surface area contributed by atoms with Gasteiger partial charge in [0.15, 0.2) is 0 Å². The van der Waals surface area contributed by atoms with Crippen LogP contribution in [-0.4, -0.2) is 5.91 Å². The van der Waals surface area contributed by atoms with E-state index in [2.05, 4.69) is 21.2 Å². The van der Waals surface area contributed by atoms with Gasteiger partial charge in [-0.3, -0.25) is 4.79 Å². The maximum absolute atomic E-state index is 13.6. The molecule has 1 unspecified atom stereocenters. The van der Waals surface area contributed by atoms with Gasteiger partial charge in [-0.2, -0.15) is 0 Å². The van der Waals surface area contributed by atoms with Gasteiger partial charge in [0.05, 0.1) is 12.0 Å². The zero-order valence-electron chi connectivity index (χ0n) is 16.4. The fourth-order valence-corrected chi connectivity index (χ4v) is 3.94. The third-order valence-electron chi connectivity index (χ3n) is 5.15. The molecule has 4 aromatic rings. The first-order chi connectivity index (χ1) is 14.7. The molecule has 4 rings (SSSR count). The summed E-state index contributed by atoms with van der Waals surface area (Å²) in [6, 6.07) is 37.8. The van der Waals surface area contributed by atoms with E-state index < -0.39 is 0 Å². The van der Waals surface area contributed by atoms with Crippen molar-refractivity contribution in [1.29, 1.82) is 0 Å². The minimum atomic E-state index is -0.380. The van der Waals surface area contributed by atoms with Gasteiger partial charge in [-0.1, -0.05) is 119 Å². The summed E-state index contributed by atoms with van der Waals surface area (Å²) in [6.45, 7) is 0. The number of hydrogen-bond acceptors (Lipinski definition) is 1. The maximum atomic E-state index is 13.6. The number of nitrogens with one attached hydrogen (secondary N) is 1. The Balaban J connectivity index is 1.72. The molecule has 1 amide bonds. The molecule has 0 fully saturated rings. The Morgan fingerprint density at radius 1 is 0.567 bits per heavy atom. The SMILES string of the molecule is O=C(NC(c1ccccc1)c1ccc(Br)cc1)C(c1ccccc1)c1ccccc1. The normalized spacial score (nSPS) is 11.8. The Hall–Kier alpha value is -3.17. The van der Waals surface area contributed by atoms with Crippen molar-refractivity contribution in [2.75, 3.05) is 0 Å². The zero-order chi connectivity index (χ0) is 20.8. The summed E-state index contributed by atoms with van der Waals surface area (Å²) in [5, 5.41) is 3.31. The van der Waals surface area contributed by atoms with Crippen LogP contribution in [0.1, 0.15) is 34.2 Å². The van der Waals surface area contributed by atoms with E-state index in [1.54, 1.807) is 0 Å². The van der Waals surface area contributed by atoms with Gasteiger partial charge in [-0.15, -0.1) is 0 Å². The highest BCUT2D eigenvalue weighted by molar-refractivity contribution is 9.10. The number of benzene rings is 4. The van der Waals surface area contributed by atoms with Crippen molar-refractivity contribution < 1.29 is 4.79 Å². The fraction of sp³-hybridized carbons (Fsp3) is 0.0741. The summed E-state index contributed by atoms with van der Waals surface area (Å²) in [7, 11) is 0. The minimum Gasteiger partial charge on any atom is -0.344 e. The van der Waals surface area contributed by atoms with Crippen LogP contribution < -0.4 is 5.32 Å². The third kappa shape index (κ3) is 4.69. The number of hydrogen-bond donors (Lipinski definition) is 1. The summed E-state index contributed by atoms with van der Waals surface area (Å²) >= 11 is 3.50. The van der Waals surface area contributed by atoms with Crippen LogP contribution in [0.25, 0.3) is 0 Å². The molecule has 0 saturated heterocycles. The van der Waals surface area contributed by atoms with Crippen molar-refractivity contribution in [3.63, 3.8) is 0 Å². The predicted molar refractivity (Wildman–Crippen MR) is 125 cm³/mol. The van der Waals surface area contributed by atoms with Crippen molar-refractivity contribution in [1.82, 2.24) is 5.32 Å². The second-order valence-electron chi connectivity index (χ2n) is 7.16. The van der Waals surface area contributed by atoms with Crippen LogP contribution in [0.2, 0.25) is 0 Å². The summed E-state index contributed by atoms with van der Waals surface area (Å²) in [5.74, 6) is -0.404. The van der Waals surface area contributed by atoms with Gasteiger partial charge in [0.1, 0.15) is 0 Å². The van der Waals surface area contributed by atoms with Crippen LogP contribution in [0, 0.1) is 0 Å². The van der Waals surface area contributed by atoms with Crippen molar-refractivity contribution >= 4 is 21.8 Å². The molecule has 0 spiro atoms. The Morgan fingerprint density at radius 3 is 1.43 bits per heavy atom. The molecule has 3 heteroatoms. The molecule has 0 aromatic heterocycles. The molecule has 0 aliphatic heterocycles. The van der Waals surface area contributed by atoms with E-state index in [9.17, 15) is 4.79 Å². The van der Waals surface area contributed by atoms with Crippen molar-refractivity contribution in [3.05, 3.63) is 142 Å². The van der Waals surface area contributed by atoms with E-state index >= 15 is 0 Å². The van der Waals surface area contributed by atoms with E-state index in [4.69, 9.17) is 0 Å². The highest BCUT2D eigenvalue weighted by Gasteiger charge is 2.26. The average Bonchev–Trinajstić information content (AvgIpc) is 2.80. The molecule has 30 heavy (non-hydrogen) atoms. The van der Waals surface area contributed by atoms with Crippen LogP contribution in [0.4, 0.5) is 0 Å². The second kappa shape index (κ2) is 9.55. The highest BCUT2D eigenvalue weighted by atomic mass is 79.9. The average molecular weight is 456 g/mol. The predicted octanol–water partition coefficient (Wildman–Crippen LogP) is 6.49. The molecule has 2 nitrogen and oxygen atoms in total. The summed E-state index contributed by atoms with van der Waals surface area (Å²) in [6.07, 6.45) is 0. The lowest BCUT2D eigenvalue weighted by atomic mass is 9.89. The minimum absolute atomic E-state index is 0.0239. The molecule has 4 aromatic carbocycles. The Labute approximate surface area is 185 Å². The van der Waals surface area contributed by atoms with Crippen LogP contribution in [-0.2, 0) is 4.79 Å². The molecule has 1 N–H and O–H groups in total. The van der Waals surface area contributed by atoms with Crippen molar-refractivity contribution in [3.8, 4) is 0 Å². The lowest BCUT2D eigenvalue weighted by molar-refractivity contribution is -0.122. The lowest BCUT2D eigenvalue weighted by Crippen LogP contribution is -2.34. The molecule has 148 valence electrons. The molecule has 0 radical (unpaired) electrons. The Morgan fingerprint density at radius 2 is 0.967 bits per heavy atom. The van der Waals surface area contributed by atoms with Crippen LogP contribution in [0.3, 0.4) is 0 Å². The molecular formula is C27H22BrNO. The smallest absolute Gasteiger partial charge is 0.232 e. The molecule has 0 aliphatic rings. The van der Waals surface area contributed by atoms with Crippen molar-refractivity contribution in [2.45, 2.75) is 12.0 Å². The molecule has 1 atom stereocenters. The zero-order valence-corrected chi connectivity index (χ0v) is 18.0. The van der Waals surface area contributed by atoms with Gasteiger partial charge in [-0.25, -0.2) is 0 Å². The monoisotopic (exact) mass is 455 g/mol. The maximum Gasteiger partial charge on any atom is 0.232 e. The molecule has 0 saturated carbocycles. The van der Waals surface area contributed by atoms with E-state index in [-0.39, 0.29) is 17.9 Å². The third-order valence-corrected chi connectivity index (χ3v) is 5.68.